The molecule has 3 heteroatoms. The third-order valence-electron chi connectivity index (χ3n) is 4.93. The number of benzene rings is 1. The van der Waals surface area contributed by atoms with Crippen LogP contribution >= 0.6 is 0 Å². The number of fused-ring (bicyclic) bond motifs is 1. The van der Waals surface area contributed by atoms with Gasteiger partial charge in [0.2, 0.25) is 0 Å². The topological polar surface area (TPSA) is 28.2 Å². The maximum Gasteiger partial charge on any atom is 0.0746 e. The third kappa shape index (κ3) is 2.81. The second-order valence-electron chi connectivity index (χ2n) is 6.51. The van der Waals surface area contributed by atoms with E-state index in [1.165, 1.54) is 10.9 Å². The Balaban J connectivity index is 1.93. The molecule has 0 bridgehead atoms. The van der Waals surface area contributed by atoms with E-state index in [0.717, 1.165) is 31.6 Å². The molecule has 1 aliphatic rings. The SMILES string of the molecule is CCC1(C)CNC(C)CN1Cc1cccc2cccnc12. The van der Waals surface area contributed by atoms with Gasteiger partial charge in [0.05, 0.1) is 5.52 Å². The average molecular weight is 283 g/mol. The maximum absolute atomic E-state index is 4.60. The highest BCUT2D eigenvalue weighted by molar-refractivity contribution is 5.81. The van der Waals surface area contributed by atoms with Crippen molar-refractivity contribution in [3.05, 3.63) is 42.1 Å². The van der Waals surface area contributed by atoms with Crippen molar-refractivity contribution in [1.29, 1.82) is 0 Å². The molecular weight excluding hydrogens is 258 g/mol. The molecule has 2 heterocycles. The third-order valence-corrected chi connectivity index (χ3v) is 4.93. The lowest BCUT2D eigenvalue weighted by atomic mass is 9.91. The lowest BCUT2D eigenvalue weighted by Gasteiger charge is -2.47. The highest BCUT2D eigenvalue weighted by Gasteiger charge is 2.35. The van der Waals surface area contributed by atoms with Gasteiger partial charge in [0, 0.05) is 42.8 Å². The number of hydrogen-bond acceptors (Lipinski definition) is 3. The molecule has 1 aliphatic heterocycles. The van der Waals surface area contributed by atoms with Crippen molar-refractivity contribution < 1.29 is 0 Å². The molecule has 1 aromatic carbocycles. The van der Waals surface area contributed by atoms with Gasteiger partial charge in [0.25, 0.3) is 0 Å². The van der Waals surface area contributed by atoms with Crippen molar-refractivity contribution in [2.24, 2.45) is 0 Å². The Labute approximate surface area is 127 Å². The van der Waals surface area contributed by atoms with Crippen molar-refractivity contribution in [3.8, 4) is 0 Å². The minimum Gasteiger partial charge on any atom is -0.311 e. The van der Waals surface area contributed by atoms with Crippen LogP contribution in [0.5, 0.6) is 0 Å². The number of nitrogens with zero attached hydrogens (tertiary/aromatic N) is 2. The molecular formula is C18H25N3. The molecule has 2 aromatic rings. The quantitative estimate of drug-likeness (QED) is 0.937. The largest absolute Gasteiger partial charge is 0.311 e. The Morgan fingerprint density at radius 2 is 2.14 bits per heavy atom. The summed E-state index contributed by atoms with van der Waals surface area (Å²) in [5.74, 6) is 0. The molecule has 0 radical (unpaired) electrons. The van der Waals surface area contributed by atoms with Gasteiger partial charge in [-0.2, -0.15) is 0 Å². The summed E-state index contributed by atoms with van der Waals surface area (Å²) < 4.78 is 0. The number of para-hydroxylation sites is 1. The summed E-state index contributed by atoms with van der Waals surface area (Å²) in [6.45, 7) is 10.0. The molecule has 0 spiro atoms. The number of pyridine rings is 1. The van der Waals surface area contributed by atoms with Crippen LogP contribution in [0.3, 0.4) is 0 Å². The fourth-order valence-corrected chi connectivity index (χ4v) is 3.23. The van der Waals surface area contributed by atoms with Crippen LogP contribution in [0.15, 0.2) is 36.5 Å². The molecule has 3 rings (SSSR count). The highest BCUT2D eigenvalue weighted by Crippen LogP contribution is 2.27. The van der Waals surface area contributed by atoms with Gasteiger partial charge < -0.3 is 5.32 Å². The van der Waals surface area contributed by atoms with E-state index in [9.17, 15) is 0 Å². The second-order valence-corrected chi connectivity index (χ2v) is 6.51. The van der Waals surface area contributed by atoms with Gasteiger partial charge in [-0.3, -0.25) is 9.88 Å². The van der Waals surface area contributed by atoms with E-state index in [0.29, 0.717) is 6.04 Å². The first-order valence-electron chi connectivity index (χ1n) is 7.93. The molecule has 0 saturated carbocycles. The Kier molecular flexibility index (Phi) is 3.96. The molecule has 0 amide bonds. The molecule has 1 saturated heterocycles. The first-order valence-corrected chi connectivity index (χ1v) is 7.93. The summed E-state index contributed by atoms with van der Waals surface area (Å²) in [6.07, 6.45) is 3.05. The standard InChI is InChI=1S/C18H25N3/c1-4-18(3)13-20-14(2)11-21(18)12-16-8-5-7-15-9-6-10-19-17(15)16/h5-10,14,20H,4,11-13H2,1-3H3. The second kappa shape index (κ2) is 5.74. The molecule has 1 fully saturated rings. The zero-order valence-corrected chi connectivity index (χ0v) is 13.3. The van der Waals surface area contributed by atoms with Gasteiger partial charge in [-0.25, -0.2) is 0 Å². The van der Waals surface area contributed by atoms with E-state index in [-0.39, 0.29) is 5.54 Å². The fourth-order valence-electron chi connectivity index (χ4n) is 3.23. The molecule has 1 N–H and O–H groups in total. The molecule has 3 nitrogen and oxygen atoms in total. The van der Waals surface area contributed by atoms with E-state index >= 15 is 0 Å². The first-order chi connectivity index (χ1) is 10.1. The van der Waals surface area contributed by atoms with E-state index in [2.05, 4.69) is 60.2 Å². The van der Waals surface area contributed by atoms with E-state index < -0.39 is 0 Å². The summed E-state index contributed by atoms with van der Waals surface area (Å²) in [5.41, 5.74) is 2.70. The molecule has 2 atom stereocenters. The molecule has 1 aromatic heterocycles. The van der Waals surface area contributed by atoms with Gasteiger partial charge in [-0.05, 0) is 31.9 Å². The average Bonchev–Trinajstić information content (AvgIpc) is 2.51. The Morgan fingerprint density at radius 1 is 1.33 bits per heavy atom. The van der Waals surface area contributed by atoms with Crippen LogP contribution in [-0.4, -0.2) is 34.6 Å². The maximum atomic E-state index is 4.60. The number of nitrogens with one attached hydrogen (secondary N) is 1. The van der Waals surface area contributed by atoms with Crippen molar-refractivity contribution in [1.82, 2.24) is 15.2 Å². The Bertz CT molecular complexity index is 619. The zero-order chi connectivity index (χ0) is 14.9. The van der Waals surface area contributed by atoms with Crippen LogP contribution in [0.25, 0.3) is 10.9 Å². The van der Waals surface area contributed by atoms with Crippen molar-refractivity contribution in [3.63, 3.8) is 0 Å². The van der Waals surface area contributed by atoms with Crippen LogP contribution in [0.2, 0.25) is 0 Å². The smallest absolute Gasteiger partial charge is 0.0746 e. The van der Waals surface area contributed by atoms with E-state index in [1.54, 1.807) is 0 Å². The monoisotopic (exact) mass is 283 g/mol. The predicted molar refractivity (Wildman–Crippen MR) is 88.3 cm³/mol. The number of hydrogen-bond donors (Lipinski definition) is 1. The van der Waals surface area contributed by atoms with Crippen molar-refractivity contribution in [2.75, 3.05) is 13.1 Å². The first kappa shape index (κ1) is 14.5. The Hall–Kier alpha value is -1.45. The van der Waals surface area contributed by atoms with Crippen LogP contribution in [0.1, 0.15) is 32.8 Å². The van der Waals surface area contributed by atoms with Crippen LogP contribution in [0.4, 0.5) is 0 Å². The van der Waals surface area contributed by atoms with Gasteiger partial charge in [0.1, 0.15) is 0 Å². The Morgan fingerprint density at radius 3 is 2.95 bits per heavy atom. The van der Waals surface area contributed by atoms with Gasteiger partial charge in [0.15, 0.2) is 0 Å². The summed E-state index contributed by atoms with van der Waals surface area (Å²) in [6, 6.07) is 11.2. The summed E-state index contributed by atoms with van der Waals surface area (Å²) in [7, 11) is 0. The fraction of sp³-hybridized carbons (Fsp3) is 0.500. The normalized spacial score (nSPS) is 27.1. The molecule has 21 heavy (non-hydrogen) atoms. The minimum absolute atomic E-state index is 0.226. The van der Waals surface area contributed by atoms with Crippen LogP contribution in [0, 0.1) is 0 Å². The summed E-state index contributed by atoms with van der Waals surface area (Å²) in [5, 5.41) is 4.85. The zero-order valence-electron chi connectivity index (χ0n) is 13.3. The van der Waals surface area contributed by atoms with Crippen LogP contribution < -0.4 is 5.32 Å². The van der Waals surface area contributed by atoms with Crippen molar-refractivity contribution in [2.45, 2.75) is 45.3 Å². The summed E-state index contributed by atoms with van der Waals surface area (Å²) >= 11 is 0. The van der Waals surface area contributed by atoms with Gasteiger partial charge in [-0.1, -0.05) is 31.2 Å². The predicted octanol–water partition coefficient (Wildman–Crippen LogP) is 3.20. The molecule has 0 aliphatic carbocycles. The number of piperazine rings is 1. The summed E-state index contributed by atoms with van der Waals surface area (Å²) in [4.78, 5) is 7.22. The lowest BCUT2D eigenvalue weighted by Crippen LogP contribution is -2.61. The van der Waals surface area contributed by atoms with E-state index in [1.807, 2.05) is 12.3 Å². The number of rotatable bonds is 3. The van der Waals surface area contributed by atoms with Crippen molar-refractivity contribution >= 4 is 10.9 Å². The van der Waals surface area contributed by atoms with Gasteiger partial charge in [-0.15, -0.1) is 0 Å². The number of aromatic nitrogens is 1. The molecule has 112 valence electrons. The lowest BCUT2D eigenvalue weighted by molar-refractivity contribution is 0.0456. The highest BCUT2D eigenvalue weighted by atomic mass is 15.3. The molecule has 2 unspecified atom stereocenters. The van der Waals surface area contributed by atoms with Crippen LogP contribution in [-0.2, 0) is 6.54 Å². The minimum atomic E-state index is 0.226. The van der Waals surface area contributed by atoms with E-state index in [4.69, 9.17) is 0 Å². The van der Waals surface area contributed by atoms with Gasteiger partial charge >= 0.3 is 0 Å².